The van der Waals surface area contributed by atoms with Gasteiger partial charge in [-0.25, -0.2) is 9.46 Å². The molecule has 1 atom stereocenters. The highest BCUT2D eigenvalue weighted by Gasteiger charge is 2.54. The number of benzene rings is 4. The van der Waals surface area contributed by atoms with E-state index in [0.29, 0.717) is 22.4 Å². The van der Waals surface area contributed by atoms with Crippen LogP contribution in [0.15, 0.2) is 72.8 Å². The standard InChI is InChI=1S/C52H62N3O12P/c1-32(2)55(33(3)4)68(62-21-12-19-53)63-31-35-25-34(5)26-39(27-35)61-24-23-60-22-20-54-46(56)36-13-16-40-43(28-36)52(67-47(40)57)41-17-14-37(64-48(58)50(6,7)8)29-44(41)66-45-30-38(15-18-42(45)52)65-49(59)51(9,10)11/h13-18,25-30,32-33H,12,20-24,31H2,1-11H3,(H,54,56)/i5D. The first-order valence-corrected chi connectivity index (χ1v) is 23.7. The van der Waals surface area contributed by atoms with Gasteiger partial charge in [-0.1, -0.05) is 6.07 Å². The molecule has 4 aromatic carbocycles. The Hall–Kier alpha value is -5.88. The highest BCUT2D eigenvalue weighted by molar-refractivity contribution is 7.44. The van der Waals surface area contributed by atoms with Gasteiger partial charge in [0, 0.05) is 54.4 Å². The van der Waals surface area contributed by atoms with Gasteiger partial charge in [0.25, 0.3) is 14.4 Å². The Kier molecular flexibility index (Phi) is 15.9. The number of carbonyl (C=O) groups is 4. The van der Waals surface area contributed by atoms with Crippen LogP contribution in [0.5, 0.6) is 28.7 Å². The van der Waals surface area contributed by atoms with Gasteiger partial charge < -0.3 is 42.8 Å². The first-order chi connectivity index (χ1) is 32.7. The molecule has 15 nitrogen and oxygen atoms in total. The molecule has 1 N–H and O–H groups in total. The lowest BCUT2D eigenvalue weighted by Crippen LogP contribution is -2.34. The zero-order chi connectivity index (χ0) is 50.3. The molecule has 0 saturated heterocycles. The minimum absolute atomic E-state index is 0.0517. The zero-order valence-electron chi connectivity index (χ0n) is 41.5. The molecule has 1 amide bonds. The van der Waals surface area contributed by atoms with Gasteiger partial charge in [-0.3, -0.25) is 14.4 Å². The van der Waals surface area contributed by atoms with Gasteiger partial charge in [-0.15, -0.1) is 0 Å². The average Bonchev–Trinajstić information content (AvgIpc) is 3.57. The molecule has 362 valence electrons. The van der Waals surface area contributed by atoms with Crippen LogP contribution in [-0.2, 0) is 40.3 Å². The summed E-state index contributed by atoms with van der Waals surface area (Å²) in [7, 11) is -1.44. The molecular formula is C52H62N3O12P. The van der Waals surface area contributed by atoms with Gasteiger partial charge in [-0.05, 0) is 142 Å². The summed E-state index contributed by atoms with van der Waals surface area (Å²) in [4.78, 5) is 53.1. The van der Waals surface area contributed by atoms with Crippen LogP contribution in [0.3, 0.4) is 0 Å². The Labute approximate surface area is 401 Å². The van der Waals surface area contributed by atoms with Crippen molar-refractivity contribution in [2.75, 3.05) is 33.0 Å². The van der Waals surface area contributed by atoms with Crippen molar-refractivity contribution in [2.45, 2.75) is 107 Å². The summed E-state index contributed by atoms with van der Waals surface area (Å²) < 4.78 is 58.4. The maximum atomic E-state index is 13.7. The van der Waals surface area contributed by atoms with Crippen molar-refractivity contribution >= 4 is 32.3 Å². The SMILES string of the molecule is [2H]Cc1cc(COP(OCCC#N)N(C(C)C)C(C)C)cc(OCCOCCNC(=O)c2ccc3c(c2)C2(OC3=O)c3ccc(OC(=O)C(C)(C)C)cc3Oc3cc(OC(=O)C(C)(C)C)ccc32)c1. The molecule has 16 heteroatoms. The van der Waals surface area contributed by atoms with E-state index in [0.717, 1.165) is 11.1 Å². The Morgan fingerprint density at radius 1 is 0.779 bits per heavy atom. The minimum atomic E-state index is -1.60. The second-order valence-electron chi connectivity index (χ2n) is 19.1. The first-order valence-electron chi connectivity index (χ1n) is 23.3. The van der Waals surface area contributed by atoms with Crippen LogP contribution in [-0.4, -0.2) is 73.5 Å². The fraction of sp³-hybridized carbons (Fsp3) is 0.442. The molecule has 0 aromatic heterocycles. The van der Waals surface area contributed by atoms with E-state index < -0.39 is 48.8 Å². The number of esters is 3. The van der Waals surface area contributed by atoms with Crippen molar-refractivity contribution in [2.24, 2.45) is 10.8 Å². The number of rotatable bonds is 19. The number of fused-ring (bicyclic) bond motifs is 6. The maximum Gasteiger partial charge on any atom is 0.340 e. The summed E-state index contributed by atoms with van der Waals surface area (Å²) in [5, 5.41) is 11.9. The van der Waals surface area contributed by atoms with Crippen LogP contribution in [0.1, 0.15) is 126 Å². The molecule has 68 heavy (non-hydrogen) atoms. The number of aryl methyl sites for hydroxylation is 1. The highest BCUT2D eigenvalue weighted by atomic mass is 31.2. The van der Waals surface area contributed by atoms with Crippen molar-refractivity contribution in [1.29, 1.82) is 5.26 Å². The van der Waals surface area contributed by atoms with E-state index in [9.17, 15) is 19.2 Å². The summed E-state index contributed by atoms with van der Waals surface area (Å²) in [6.45, 7) is 20.0. The molecule has 2 aliphatic heterocycles. The topological polar surface area (TPSA) is 181 Å². The molecule has 6 rings (SSSR count). The van der Waals surface area contributed by atoms with Crippen molar-refractivity contribution in [3.05, 3.63) is 112 Å². The largest absolute Gasteiger partial charge is 0.491 e. The van der Waals surface area contributed by atoms with Gasteiger partial charge in [0.2, 0.25) is 0 Å². The highest BCUT2D eigenvalue weighted by Crippen LogP contribution is 2.57. The minimum Gasteiger partial charge on any atom is -0.491 e. The molecular weight excluding hydrogens is 890 g/mol. The third-order valence-electron chi connectivity index (χ3n) is 10.7. The lowest BCUT2D eigenvalue weighted by molar-refractivity contribution is -0.143. The van der Waals surface area contributed by atoms with Crippen LogP contribution >= 0.6 is 8.53 Å². The number of ether oxygens (including phenoxy) is 6. The summed E-state index contributed by atoms with van der Waals surface area (Å²) in [6, 6.07) is 22.3. The number of nitrogens with one attached hydrogen (secondary N) is 1. The predicted molar refractivity (Wildman–Crippen MR) is 255 cm³/mol. The maximum absolute atomic E-state index is 13.7. The lowest BCUT2D eigenvalue weighted by Gasteiger charge is -2.37. The Balaban J connectivity index is 1.12. The fourth-order valence-electron chi connectivity index (χ4n) is 7.47. The number of amides is 1. The van der Waals surface area contributed by atoms with Crippen molar-refractivity contribution in [3.8, 4) is 34.8 Å². The number of hydrogen-bond donors (Lipinski definition) is 1. The summed E-state index contributed by atoms with van der Waals surface area (Å²) in [6.07, 6.45) is 0.259. The third-order valence-corrected chi connectivity index (χ3v) is 12.8. The van der Waals surface area contributed by atoms with E-state index in [2.05, 4.69) is 43.8 Å². The fourth-order valence-corrected chi connectivity index (χ4v) is 9.07. The van der Waals surface area contributed by atoms with Gasteiger partial charge in [-0.2, -0.15) is 5.26 Å². The molecule has 0 saturated carbocycles. The molecule has 2 aliphatic rings. The van der Waals surface area contributed by atoms with Crippen LogP contribution in [0, 0.1) is 29.1 Å². The molecule has 2 heterocycles. The monoisotopic (exact) mass is 952 g/mol. The van der Waals surface area contributed by atoms with E-state index in [4.69, 9.17) is 44.1 Å². The normalized spacial score (nSPS) is 14.3. The summed E-state index contributed by atoms with van der Waals surface area (Å²) in [5.41, 5.74) is 0.130. The van der Waals surface area contributed by atoms with Crippen LogP contribution < -0.4 is 24.3 Å². The smallest absolute Gasteiger partial charge is 0.340 e. The van der Waals surface area contributed by atoms with Crippen molar-refractivity contribution in [3.63, 3.8) is 0 Å². The van der Waals surface area contributed by atoms with Crippen molar-refractivity contribution in [1.82, 2.24) is 9.99 Å². The number of hydrogen-bond acceptors (Lipinski definition) is 14. The summed E-state index contributed by atoms with van der Waals surface area (Å²) in [5.74, 6) is -0.562. The lowest BCUT2D eigenvalue weighted by atomic mass is 9.77. The molecule has 0 bridgehead atoms. The molecule has 4 aromatic rings. The van der Waals surface area contributed by atoms with Crippen LogP contribution in [0.25, 0.3) is 0 Å². The van der Waals surface area contributed by atoms with Gasteiger partial charge in [0.15, 0.2) is 5.60 Å². The molecule has 1 unspecified atom stereocenters. The van der Waals surface area contributed by atoms with Gasteiger partial charge >= 0.3 is 17.9 Å². The summed E-state index contributed by atoms with van der Waals surface area (Å²) >= 11 is 0. The third kappa shape index (κ3) is 12.0. The molecule has 0 aliphatic carbocycles. The molecule has 1 spiro atoms. The van der Waals surface area contributed by atoms with Crippen LogP contribution in [0.2, 0.25) is 0 Å². The second-order valence-corrected chi connectivity index (χ2v) is 20.5. The number of carbonyl (C=O) groups excluding carboxylic acids is 4. The van der Waals surface area contributed by atoms with E-state index in [1.807, 2.05) is 12.1 Å². The van der Waals surface area contributed by atoms with E-state index in [1.54, 1.807) is 90.1 Å². The number of nitriles is 1. The number of nitrogens with zero attached hydrogens (tertiary/aromatic N) is 2. The average molecular weight is 953 g/mol. The second kappa shape index (κ2) is 21.6. The Morgan fingerprint density at radius 3 is 1.99 bits per heavy atom. The van der Waals surface area contributed by atoms with E-state index in [-0.39, 0.29) is 99.1 Å². The van der Waals surface area contributed by atoms with Gasteiger partial charge in [0.1, 0.15) is 35.4 Å². The zero-order valence-corrected chi connectivity index (χ0v) is 41.4. The van der Waals surface area contributed by atoms with Crippen molar-refractivity contribution < 1.29 is 58.0 Å². The van der Waals surface area contributed by atoms with Gasteiger partial charge in [0.05, 0.1) is 55.3 Å². The molecule has 0 radical (unpaired) electrons. The predicted octanol–water partition coefficient (Wildman–Crippen LogP) is 10.1. The van der Waals surface area contributed by atoms with Crippen LogP contribution in [0.4, 0.5) is 0 Å². The Morgan fingerprint density at radius 2 is 1.41 bits per heavy atom. The first kappa shape index (κ1) is 50.0. The van der Waals surface area contributed by atoms with E-state index in [1.165, 1.54) is 12.1 Å². The quantitative estimate of drug-likeness (QED) is 0.0406. The van der Waals surface area contributed by atoms with E-state index >= 15 is 0 Å². The molecule has 0 fully saturated rings. The Bertz CT molecular complexity index is 2500.